The Morgan fingerprint density at radius 2 is 1.81 bits per heavy atom. The van der Waals surface area contributed by atoms with Crippen LogP contribution in [0.3, 0.4) is 0 Å². The van der Waals surface area contributed by atoms with E-state index in [1.54, 1.807) is 12.1 Å². The van der Waals surface area contributed by atoms with E-state index in [4.69, 9.17) is 11.6 Å². The number of nitrogens with one attached hydrogen (secondary N) is 2. The standard InChI is InChI=1S/C17H19ClN2O/c1-12-3-6-14(7-4-12)9-10-19-17(21)20-16-11-15(18)8-5-13(16)2/h3-8,11H,9-10H2,1-2H3,(H2,19,20,21). The van der Waals surface area contributed by atoms with E-state index in [9.17, 15) is 4.79 Å². The first kappa shape index (κ1) is 15.4. The van der Waals surface area contributed by atoms with Crippen LogP contribution in [0.4, 0.5) is 10.5 Å². The number of amides is 2. The first-order valence-electron chi connectivity index (χ1n) is 6.91. The van der Waals surface area contributed by atoms with Gasteiger partial charge in [-0.2, -0.15) is 0 Å². The van der Waals surface area contributed by atoms with Crippen molar-refractivity contribution in [3.8, 4) is 0 Å². The molecule has 0 radical (unpaired) electrons. The van der Waals surface area contributed by atoms with Crippen molar-refractivity contribution in [1.82, 2.24) is 5.32 Å². The lowest BCUT2D eigenvalue weighted by atomic mass is 10.1. The second-order valence-electron chi connectivity index (χ2n) is 5.08. The number of carbonyl (C=O) groups excluding carboxylic acids is 1. The Balaban J connectivity index is 1.82. The molecule has 2 N–H and O–H groups in total. The second-order valence-corrected chi connectivity index (χ2v) is 5.51. The largest absolute Gasteiger partial charge is 0.338 e. The van der Waals surface area contributed by atoms with Crippen molar-refractivity contribution in [2.24, 2.45) is 0 Å². The lowest BCUT2D eigenvalue weighted by Gasteiger charge is -2.10. The lowest BCUT2D eigenvalue weighted by Crippen LogP contribution is -2.30. The Morgan fingerprint density at radius 3 is 2.52 bits per heavy atom. The highest BCUT2D eigenvalue weighted by Gasteiger charge is 2.04. The van der Waals surface area contributed by atoms with Gasteiger partial charge in [-0.1, -0.05) is 47.5 Å². The Bertz CT molecular complexity index is 623. The molecule has 2 amide bonds. The van der Waals surface area contributed by atoms with Gasteiger partial charge in [-0.3, -0.25) is 0 Å². The number of rotatable bonds is 4. The van der Waals surface area contributed by atoms with Crippen LogP contribution in [0.1, 0.15) is 16.7 Å². The molecule has 0 saturated carbocycles. The molecule has 0 unspecified atom stereocenters. The summed E-state index contributed by atoms with van der Waals surface area (Å²) >= 11 is 5.93. The van der Waals surface area contributed by atoms with E-state index in [1.807, 2.05) is 13.0 Å². The maximum absolute atomic E-state index is 11.9. The third-order valence-corrected chi connectivity index (χ3v) is 3.50. The number of benzene rings is 2. The van der Waals surface area contributed by atoms with E-state index in [1.165, 1.54) is 11.1 Å². The highest BCUT2D eigenvalue weighted by Crippen LogP contribution is 2.19. The van der Waals surface area contributed by atoms with Crippen LogP contribution in [-0.4, -0.2) is 12.6 Å². The molecule has 0 atom stereocenters. The molecule has 2 rings (SSSR count). The third-order valence-electron chi connectivity index (χ3n) is 3.27. The van der Waals surface area contributed by atoms with Gasteiger partial charge in [0.25, 0.3) is 0 Å². The van der Waals surface area contributed by atoms with Crippen LogP contribution in [0.25, 0.3) is 0 Å². The van der Waals surface area contributed by atoms with Gasteiger partial charge in [0.05, 0.1) is 0 Å². The van der Waals surface area contributed by atoms with Gasteiger partial charge in [0.2, 0.25) is 0 Å². The summed E-state index contributed by atoms with van der Waals surface area (Å²) in [6.07, 6.45) is 0.808. The number of hydrogen-bond acceptors (Lipinski definition) is 1. The molecule has 0 spiro atoms. The summed E-state index contributed by atoms with van der Waals surface area (Å²) in [7, 11) is 0. The first-order chi connectivity index (χ1) is 10.0. The van der Waals surface area contributed by atoms with Gasteiger partial charge in [-0.25, -0.2) is 4.79 Å². The maximum Gasteiger partial charge on any atom is 0.319 e. The molecule has 21 heavy (non-hydrogen) atoms. The van der Waals surface area contributed by atoms with Crippen LogP contribution in [0.15, 0.2) is 42.5 Å². The minimum Gasteiger partial charge on any atom is -0.338 e. The fourth-order valence-corrected chi connectivity index (χ4v) is 2.14. The summed E-state index contributed by atoms with van der Waals surface area (Å²) in [6.45, 7) is 4.58. The molecular weight excluding hydrogens is 284 g/mol. The van der Waals surface area contributed by atoms with Crippen molar-refractivity contribution in [1.29, 1.82) is 0 Å². The van der Waals surface area contributed by atoms with Crippen LogP contribution in [0, 0.1) is 13.8 Å². The van der Waals surface area contributed by atoms with Crippen molar-refractivity contribution in [3.05, 3.63) is 64.2 Å². The summed E-state index contributed by atoms with van der Waals surface area (Å²) in [4.78, 5) is 11.9. The van der Waals surface area contributed by atoms with Crippen LogP contribution in [-0.2, 0) is 6.42 Å². The average Bonchev–Trinajstić information content (AvgIpc) is 2.45. The molecule has 4 heteroatoms. The number of anilines is 1. The smallest absolute Gasteiger partial charge is 0.319 e. The Labute approximate surface area is 130 Å². The van der Waals surface area contributed by atoms with Crippen molar-refractivity contribution in [2.45, 2.75) is 20.3 Å². The molecule has 0 aliphatic rings. The zero-order chi connectivity index (χ0) is 15.2. The zero-order valence-electron chi connectivity index (χ0n) is 12.2. The summed E-state index contributed by atoms with van der Waals surface area (Å²) in [5.41, 5.74) is 4.16. The summed E-state index contributed by atoms with van der Waals surface area (Å²) in [5, 5.41) is 6.27. The number of urea groups is 1. The summed E-state index contributed by atoms with van der Waals surface area (Å²) < 4.78 is 0. The van der Waals surface area contributed by atoms with Crippen molar-refractivity contribution in [3.63, 3.8) is 0 Å². The van der Waals surface area contributed by atoms with E-state index in [-0.39, 0.29) is 6.03 Å². The quantitative estimate of drug-likeness (QED) is 0.867. The molecule has 2 aromatic carbocycles. The van der Waals surface area contributed by atoms with Crippen LogP contribution in [0.2, 0.25) is 5.02 Å². The third kappa shape index (κ3) is 4.80. The Morgan fingerprint density at radius 1 is 1.10 bits per heavy atom. The minimum atomic E-state index is -0.215. The topological polar surface area (TPSA) is 41.1 Å². The molecule has 0 aliphatic carbocycles. The molecular formula is C17H19ClN2O. The van der Waals surface area contributed by atoms with Gasteiger partial charge in [-0.05, 0) is 43.5 Å². The molecule has 3 nitrogen and oxygen atoms in total. The first-order valence-corrected chi connectivity index (χ1v) is 7.29. The number of carbonyl (C=O) groups is 1. The lowest BCUT2D eigenvalue weighted by molar-refractivity contribution is 0.252. The van der Waals surface area contributed by atoms with Gasteiger partial charge in [-0.15, -0.1) is 0 Å². The number of aryl methyl sites for hydroxylation is 2. The average molecular weight is 303 g/mol. The van der Waals surface area contributed by atoms with E-state index >= 15 is 0 Å². The highest BCUT2D eigenvalue weighted by atomic mass is 35.5. The molecule has 0 aromatic heterocycles. The van der Waals surface area contributed by atoms with E-state index < -0.39 is 0 Å². The zero-order valence-corrected chi connectivity index (χ0v) is 13.0. The fourth-order valence-electron chi connectivity index (χ4n) is 1.97. The van der Waals surface area contributed by atoms with Crippen molar-refractivity contribution >= 4 is 23.3 Å². The van der Waals surface area contributed by atoms with Crippen molar-refractivity contribution < 1.29 is 4.79 Å². The molecule has 0 heterocycles. The Hall–Kier alpha value is -2.00. The van der Waals surface area contributed by atoms with Crippen molar-refractivity contribution in [2.75, 3.05) is 11.9 Å². The van der Waals surface area contributed by atoms with Gasteiger partial charge in [0.15, 0.2) is 0 Å². The second kappa shape index (κ2) is 7.14. The van der Waals surface area contributed by atoms with Crippen LogP contribution < -0.4 is 10.6 Å². The monoisotopic (exact) mass is 302 g/mol. The Kier molecular flexibility index (Phi) is 5.23. The predicted molar refractivity (Wildman–Crippen MR) is 88.1 cm³/mol. The fraction of sp³-hybridized carbons (Fsp3) is 0.235. The van der Waals surface area contributed by atoms with Gasteiger partial charge in [0.1, 0.15) is 0 Å². The van der Waals surface area contributed by atoms with Gasteiger partial charge >= 0.3 is 6.03 Å². The molecule has 0 aliphatic heterocycles. The van der Waals surface area contributed by atoms with Gasteiger partial charge < -0.3 is 10.6 Å². The number of halogens is 1. The highest BCUT2D eigenvalue weighted by molar-refractivity contribution is 6.31. The SMILES string of the molecule is Cc1ccc(CCNC(=O)Nc2cc(Cl)ccc2C)cc1. The molecule has 0 fully saturated rings. The van der Waals surface area contributed by atoms with E-state index in [0.29, 0.717) is 11.6 Å². The maximum atomic E-state index is 11.9. The van der Waals surface area contributed by atoms with Crippen LogP contribution >= 0.6 is 11.6 Å². The van der Waals surface area contributed by atoms with Crippen LogP contribution in [0.5, 0.6) is 0 Å². The summed E-state index contributed by atoms with van der Waals surface area (Å²) in [6, 6.07) is 13.5. The van der Waals surface area contributed by atoms with Gasteiger partial charge in [0, 0.05) is 17.3 Å². The van der Waals surface area contributed by atoms with E-state index in [0.717, 1.165) is 17.7 Å². The summed E-state index contributed by atoms with van der Waals surface area (Å²) in [5.74, 6) is 0. The number of hydrogen-bond donors (Lipinski definition) is 2. The van der Waals surface area contributed by atoms with E-state index in [2.05, 4.69) is 41.8 Å². The molecule has 110 valence electrons. The minimum absolute atomic E-state index is 0.215. The molecule has 0 bridgehead atoms. The molecule has 0 saturated heterocycles. The normalized spacial score (nSPS) is 10.2. The molecule has 2 aromatic rings. The predicted octanol–water partition coefficient (Wildman–Crippen LogP) is 4.32.